The van der Waals surface area contributed by atoms with Crippen molar-refractivity contribution >= 4 is 0 Å². The monoisotopic (exact) mass is 112 g/mol. The Bertz CT molecular complexity index is 83.0. The van der Waals surface area contributed by atoms with E-state index in [1.165, 1.54) is 0 Å². The Hall–Kier alpha value is -0.550. The standard InChI is InChI=1S/C6H12N2/c1-2-3-6(8)4-5-7/h6H,2-4,8H2,1H3/t6-/m1/s1. The number of rotatable bonds is 3. The van der Waals surface area contributed by atoms with E-state index in [0.29, 0.717) is 6.42 Å². The first-order valence-electron chi connectivity index (χ1n) is 2.93. The Morgan fingerprint density at radius 3 is 2.75 bits per heavy atom. The lowest BCUT2D eigenvalue weighted by atomic mass is 10.1. The van der Waals surface area contributed by atoms with Crippen molar-refractivity contribution in [1.82, 2.24) is 0 Å². The summed E-state index contributed by atoms with van der Waals surface area (Å²) in [5.41, 5.74) is 5.47. The average Bonchev–Trinajstić information content (AvgIpc) is 1.68. The molecule has 0 bridgehead atoms. The van der Waals surface area contributed by atoms with Gasteiger partial charge in [-0.2, -0.15) is 5.26 Å². The lowest BCUT2D eigenvalue weighted by Gasteiger charge is -2.01. The molecule has 0 rings (SSSR count). The molecule has 0 aromatic carbocycles. The Balaban J connectivity index is 3.08. The van der Waals surface area contributed by atoms with Crippen LogP contribution in [0.2, 0.25) is 0 Å². The molecule has 2 nitrogen and oxygen atoms in total. The maximum atomic E-state index is 8.13. The number of nitrogens with two attached hydrogens (primary N) is 1. The van der Waals surface area contributed by atoms with Crippen LogP contribution in [-0.2, 0) is 0 Å². The van der Waals surface area contributed by atoms with Gasteiger partial charge in [0.1, 0.15) is 0 Å². The van der Waals surface area contributed by atoms with Crippen LogP contribution < -0.4 is 5.73 Å². The summed E-state index contributed by atoms with van der Waals surface area (Å²) in [5.74, 6) is 0. The third-order valence-corrected chi connectivity index (χ3v) is 1.01. The van der Waals surface area contributed by atoms with Gasteiger partial charge in [-0.15, -0.1) is 0 Å². The molecule has 0 aliphatic rings. The van der Waals surface area contributed by atoms with E-state index in [4.69, 9.17) is 11.0 Å². The van der Waals surface area contributed by atoms with Crippen LogP contribution >= 0.6 is 0 Å². The third kappa shape index (κ3) is 3.63. The molecule has 8 heavy (non-hydrogen) atoms. The predicted octanol–water partition coefficient (Wildman–Crippen LogP) is 1.03. The zero-order valence-electron chi connectivity index (χ0n) is 5.22. The van der Waals surface area contributed by atoms with Gasteiger partial charge in [0.25, 0.3) is 0 Å². The summed E-state index contributed by atoms with van der Waals surface area (Å²) in [7, 11) is 0. The van der Waals surface area contributed by atoms with Gasteiger partial charge >= 0.3 is 0 Å². The van der Waals surface area contributed by atoms with Crippen molar-refractivity contribution in [3.8, 4) is 6.07 Å². The first-order chi connectivity index (χ1) is 3.81. The molecule has 0 aliphatic heterocycles. The first-order valence-corrected chi connectivity index (χ1v) is 2.93. The SMILES string of the molecule is CCC[C@@H](N)CC#N. The molecular weight excluding hydrogens is 100 g/mol. The third-order valence-electron chi connectivity index (χ3n) is 1.01. The van der Waals surface area contributed by atoms with Crippen LogP contribution in [0.1, 0.15) is 26.2 Å². The first kappa shape index (κ1) is 7.45. The molecule has 0 radical (unpaired) electrons. The van der Waals surface area contributed by atoms with E-state index in [-0.39, 0.29) is 6.04 Å². The Kier molecular flexibility index (Phi) is 4.29. The van der Waals surface area contributed by atoms with Crippen LogP contribution in [0.15, 0.2) is 0 Å². The van der Waals surface area contributed by atoms with Gasteiger partial charge in [0.2, 0.25) is 0 Å². The molecule has 0 heterocycles. The lowest BCUT2D eigenvalue weighted by Crippen LogP contribution is -2.17. The van der Waals surface area contributed by atoms with E-state index in [2.05, 4.69) is 6.92 Å². The molecule has 0 saturated carbocycles. The fourth-order valence-corrected chi connectivity index (χ4v) is 0.590. The molecule has 0 aliphatic carbocycles. The van der Waals surface area contributed by atoms with E-state index in [1.54, 1.807) is 0 Å². The Morgan fingerprint density at radius 1 is 1.75 bits per heavy atom. The van der Waals surface area contributed by atoms with Crippen molar-refractivity contribution in [1.29, 1.82) is 5.26 Å². The molecule has 0 aromatic rings. The average molecular weight is 112 g/mol. The summed E-state index contributed by atoms with van der Waals surface area (Å²) in [6, 6.07) is 2.13. The minimum absolute atomic E-state index is 0.102. The van der Waals surface area contributed by atoms with Crippen LogP contribution in [0.4, 0.5) is 0 Å². The van der Waals surface area contributed by atoms with Crippen molar-refractivity contribution in [3.63, 3.8) is 0 Å². The van der Waals surface area contributed by atoms with Gasteiger partial charge < -0.3 is 5.73 Å². The Morgan fingerprint density at radius 2 is 2.38 bits per heavy atom. The maximum Gasteiger partial charge on any atom is 0.0638 e. The highest BCUT2D eigenvalue weighted by atomic mass is 14.6. The van der Waals surface area contributed by atoms with Crippen LogP contribution in [0.5, 0.6) is 0 Å². The summed E-state index contributed by atoms with van der Waals surface area (Å²) < 4.78 is 0. The smallest absolute Gasteiger partial charge is 0.0638 e. The molecule has 0 spiro atoms. The van der Waals surface area contributed by atoms with Gasteiger partial charge in [-0.1, -0.05) is 13.3 Å². The second-order valence-corrected chi connectivity index (χ2v) is 1.91. The predicted molar refractivity (Wildman–Crippen MR) is 33.1 cm³/mol. The summed E-state index contributed by atoms with van der Waals surface area (Å²) >= 11 is 0. The largest absolute Gasteiger partial charge is 0.327 e. The van der Waals surface area contributed by atoms with Crippen LogP contribution in [0.25, 0.3) is 0 Å². The van der Waals surface area contributed by atoms with E-state index >= 15 is 0 Å². The highest BCUT2D eigenvalue weighted by Crippen LogP contribution is 1.95. The fraction of sp³-hybridized carbons (Fsp3) is 0.833. The van der Waals surface area contributed by atoms with Crippen molar-refractivity contribution in [2.45, 2.75) is 32.2 Å². The second-order valence-electron chi connectivity index (χ2n) is 1.91. The molecule has 2 N–H and O–H groups in total. The van der Waals surface area contributed by atoms with Crippen molar-refractivity contribution in [3.05, 3.63) is 0 Å². The highest BCUT2D eigenvalue weighted by Gasteiger charge is 1.96. The normalized spacial score (nSPS) is 12.6. The summed E-state index contributed by atoms with van der Waals surface area (Å²) in [6.45, 7) is 2.07. The molecule has 2 heteroatoms. The molecule has 1 atom stereocenters. The molecule has 0 saturated heterocycles. The number of hydrogen-bond acceptors (Lipinski definition) is 2. The van der Waals surface area contributed by atoms with E-state index in [0.717, 1.165) is 12.8 Å². The van der Waals surface area contributed by atoms with Crippen LogP contribution in [-0.4, -0.2) is 6.04 Å². The Labute approximate surface area is 50.3 Å². The van der Waals surface area contributed by atoms with Gasteiger partial charge in [-0.3, -0.25) is 0 Å². The zero-order valence-corrected chi connectivity index (χ0v) is 5.22. The summed E-state index contributed by atoms with van der Waals surface area (Å²) in [4.78, 5) is 0. The molecule has 0 fully saturated rings. The van der Waals surface area contributed by atoms with Gasteiger partial charge in [0.05, 0.1) is 12.5 Å². The molecule has 0 amide bonds. The van der Waals surface area contributed by atoms with E-state index in [9.17, 15) is 0 Å². The van der Waals surface area contributed by atoms with Crippen molar-refractivity contribution in [2.24, 2.45) is 5.73 Å². The minimum Gasteiger partial charge on any atom is -0.327 e. The molecule has 0 unspecified atom stereocenters. The summed E-state index contributed by atoms with van der Waals surface area (Å²) in [6.07, 6.45) is 2.53. The molecule has 0 aromatic heterocycles. The van der Waals surface area contributed by atoms with Crippen molar-refractivity contribution in [2.75, 3.05) is 0 Å². The van der Waals surface area contributed by atoms with E-state index < -0.39 is 0 Å². The number of nitrogens with zero attached hydrogens (tertiary/aromatic N) is 1. The van der Waals surface area contributed by atoms with Gasteiger partial charge in [0, 0.05) is 6.04 Å². The number of hydrogen-bond donors (Lipinski definition) is 1. The fourth-order valence-electron chi connectivity index (χ4n) is 0.590. The topological polar surface area (TPSA) is 49.8 Å². The van der Waals surface area contributed by atoms with Gasteiger partial charge in [0.15, 0.2) is 0 Å². The molecule has 46 valence electrons. The van der Waals surface area contributed by atoms with Crippen LogP contribution in [0, 0.1) is 11.3 Å². The van der Waals surface area contributed by atoms with E-state index in [1.807, 2.05) is 6.07 Å². The van der Waals surface area contributed by atoms with Gasteiger partial charge in [-0.05, 0) is 6.42 Å². The number of nitriles is 1. The minimum atomic E-state index is 0.102. The van der Waals surface area contributed by atoms with Crippen LogP contribution in [0.3, 0.4) is 0 Å². The van der Waals surface area contributed by atoms with Crippen molar-refractivity contribution < 1.29 is 0 Å². The lowest BCUT2D eigenvalue weighted by molar-refractivity contribution is 0.615. The van der Waals surface area contributed by atoms with Gasteiger partial charge in [-0.25, -0.2) is 0 Å². The maximum absolute atomic E-state index is 8.13. The summed E-state index contributed by atoms with van der Waals surface area (Å²) in [5, 5.41) is 8.13. The molecular formula is C6H12N2. The zero-order chi connectivity index (χ0) is 6.41. The highest BCUT2D eigenvalue weighted by molar-refractivity contribution is 4.77. The second kappa shape index (κ2) is 4.61. The quantitative estimate of drug-likeness (QED) is 0.592.